The van der Waals surface area contributed by atoms with Gasteiger partial charge in [0, 0.05) is 13.1 Å². The lowest BCUT2D eigenvalue weighted by Crippen LogP contribution is -2.26. The molecular weight excluding hydrogens is 244 g/mol. The van der Waals surface area contributed by atoms with Crippen molar-refractivity contribution in [1.82, 2.24) is 9.88 Å². The molecule has 6 heteroatoms. The van der Waals surface area contributed by atoms with Crippen molar-refractivity contribution >= 4 is 17.5 Å². The summed E-state index contributed by atoms with van der Waals surface area (Å²) < 4.78 is 4.68. The number of carbonyl (C=O) groups excluding carboxylic acids is 1. The molecule has 1 aromatic rings. The van der Waals surface area contributed by atoms with Crippen LogP contribution in [0.25, 0.3) is 0 Å². The standard InChI is InChI=1S/C13H20N4O2/c1-19-13(18)10-8-12(16-9-11(10)14)15-4-7-17-5-2-3-6-17/h8-9H,2-7,14H2,1H3,(H,15,16). The SMILES string of the molecule is COC(=O)c1cc(NCCN2CCCC2)ncc1N. The second-order valence-corrected chi connectivity index (χ2v) is 4.62. The minimum atomic E-state index is -0.442. The number of nitrogens with two attached hydrogens (primary N) is 1. The van der Waals surface area contributed by atoms with Gasteiger partial charge in [-0.1, -0.05) is 0 Å². The third kappa shape index (κ3) is 3.57. The summed E-state index contributed by atoms with van der Waals surface area (Å²) in [6.45, 7) is 4.13. The van der Waals surface area contributed by atoms with Crippen LogP contribution < -0.4 is 11.1 Å². The highest BCUT2D eigenvalue weighted by atomic mass is 16.5. The molecule has 1 saturated heterocycles. The lowest BCUT2D eigenvalue weighted by Gasteiger charge is -2.15. The first kappa shape index (κ1) is 13.6. The van der Waals surface area contributed by atoms with Crippen LogP contribution in [-0.2, 0) is 4.74 Å². The number of esters is 1. The molecule has 2 heterocycles. The predicted octanol–water partition coefficient (Wildman–Crippen LogP) is 0.958. The molecule has 19 heavy (non-hydrogen) atoms. The monoisotopic (exact) mass is 264 g/mol. The van der Waals surface area contributed by atoms with E-state index in [9.17, 15) is 4.79 Å². The zero-order valence-corrected chi connectivity index (χ0v) is 11.2. The molecule has 0 aromatic carbocycles. The summed E-state index contributed by atoms with van der Waals surface area (Å²) in [5.74, 6) is 0.205. The van der Waals surface area contributed by atoms with E-state index in [-0.39, 0.29) is 0 Å². The second kappa shape index (κ2) is 6.38. The molecule has 1 aromatic heterocycles. The fourth-order valence-corrected chi connectivity index (χ4v) is 2.20. The van der Waals surface area contributed by atoms with Crippen LogP contribution in [0.4, 0.5) is 11.5 Å². The number of methoxy groups -OCH3 is 1. The van der Waals surface area contributed by atoms with Gasteiger partial charge in [0.2, 0.25) is 0 Å². The number of hydrogen-bond donors (Lipinski definition) is 2. The summed E-state index contributed by atoms with van der Waals surface area (Å²) in [6.07, 6.45) is 4.05. The molecule has 104 valence electrons. The highest BCUT2D eigenvalue weighted by Gasteiger charge is 2.13. The highest BCUT2D eigenvalue weighted by molar-refractivity contribution is 5.95. The van der Waals surface area contributed by atoms with Gasteiger partial charge in [0.25, 0.3) is 0 Å². The van der Waals surface area contributed by atoms with E-state index in [2.05, 4.69) is 19.9 Å². The van der Waals surface area contributed by atoms with E-state index in [0.29, 0.717) is 17.1 Å². The van der Waals surface area contributed by atoms with E-state index in [4.69, 9.17) is 5.73 Å². The normalized spacial score (nSPS) is 15.4. The quantitative estimate of drug-likeness (QED) is 0.771. The van der Waals surface area contributed by atoms with Gasteiger partial charge in [0.05, 0.1) is 24.6 Å². The molecule has 1 aliphatic heterocycles. The molecule has 0 radical (unpaired) electrons. The molecule has 0 aliphatic carbocycles. The molecule has 0 spiro atoms. The van der Waals surface area contributed by atoms with Crippen molar-refractivity contribution in [2.75, 3.05) is 44.3 Å². The number of anilines is 2. The molecule has 0 saturated carbocycles. The summed E-state index contributed by atoms with van der Waals surface area (Å²) in [5, 5.41) is 3.20. The van der Waals surface area contributed by atoms with Crippen molar-refractivity contribution in [3.8, 4) is 0 Å². The fraction of sp³-hybridized carbons (Fsp3) is 0.538. The van der Waals surface area contributed by atoms with E-state index >= 15 is 0 Å². The molecule has 0 bridgehead atoms. The van der Waals surface area contributed by atoms with Crippen LogP contribution >= 0.6 is 0 Å². The summed E-state index contributed by atoms with van der Waals surface area (Å²) in [6, 6.07) is 1.63. The van der Waals surface area contributed by atoms with E-state index < -0.39 is 5.97 Å². The van der Waals surface area contributed by atoms with Gasteiger partial charge in [-0.2, -0.15) is 0 Å². The maximum absolute atomic E-state index is 11.5. The Labute approximate surface area is 112 Å². The number of pyridine rings is 1. The van der Waals surface area contributed by atoms with E-state index in [0.717, 1.165) is 13.1 Å². The Kier molecular flexibility index (Phi) is 4.57. The molecule has 6 nitrogen and oxygen atoms in total. The number of aromatic nitrogens is 1. The molecule has 1 aliphatic rings. The Morgan fingerprint density at radius 1 is 1.53 bits per heavy atom. The van der Waals surface area contributed by atoms with Crippen LogP contribution in [0, 0.1) is 0 Å². The van der Waals surface area contributed by atoms with Crippen molar-refractivity contribution in [3.05, 3.63) is 17.8 Å². The third-order valence-electron chi connectivity index (χ3n) is 3.27. The van der Waals surface area contributed by atoms with Gasteiger partial charge >= 0.3 is 5.97 Å². The van der Waals surface area contributed by atoms with E-state index in [1.165, 1.54) is 39.2 Å². The number of carbonyl (C=O) groups is 1. The van der Waals surface area contributed by atoms with E-state index in [1.54, 1.807) is 6.07 Å². The van der Waals surface area contributed by atoms with Gasteiger partial charge in [-0.15, -0.1) is 0 Å². The van der Waals surface area contributed by atoms with Crippen LogP contribution in [0.15, 0.2) is 12.3 Å². The largest absolute Gasteiger partial charge is 0.465 e. The molecule has 2 rings (SSSR count). The minimum absolute atomic E-state index is 0.331. The summed E-state index contributed by atoms with van der Waals surface area (Å²) >= 11 is 0. The number of likely N-dealkylation sites (tertiary alicyclic amines) is 1. The molecule has 0 atom stereocenters. The molecule has 1 fully saturated rings. The van der Waals surface area contributed by atoms with Crippen LogP contribution in [0.3, 0.4) is 0 Å². The Bertz CT molecular complexity index is 444. The van der Waals surface area contributed by atoms with Gasteiger partial charge in [-0.25, -0.2) is 9.78 Å². The third-order valence-corrected chi connectivity index (χ3v) is 3.27. The smallest absolute Gasteiger partial charge is 0.340 e. The topological polar surface area (TPSA) is 80.5 Å². The Morgan fingerprint density at radius 3 is 2.95 bits per heavy atom. The first-order chi connectivity index (χ1) is 9.20. The van der Waals surface area contributed by atoms with Crippen LogP contribution in [0.2, 0.25) is 0 Å². The van der Waals surface area contributed by atoms with Crippen molar-refractivity contribution in [1.29, 1.82) is 0 Å². The maximum atomic E-state index is 11.5. The van der Waals surface area contributed by atoms with Crippen molar-refractivity contribution in [2.24, 2.45) is 0 Å². The number of nitrogen functional groups attached to an aromatic ring is 1. The first-order valence-electron chi connectivity index (χ1n) is 6.51. The first-order valence-corrected chi connectivity index (χ1v) is 6.51. The van der Waals surface area contributed by atoms with Crippen LogP contribution in [-0.4, -0.2) is 49.1 Å². The van der Waals surface area contributed by atoms with Gasteiger partial charge in [-0.05, 0) is 32.0 Å². The van der Waals surface area contributed by atoms with Crippen molar-refractivity contribution < 1.29 is 9.53 Å². The zero-order valence-electron chi connectivity index (χ0n) is 11.2. The number of hydrogen-bond acceptors (Lipinski definition) is 6. The Hall–Kier alpha value is -1.82. The zero-order chi connectivity index (χ0) is 13.7. The fourth-order valence-electron chi connectivity index (χ4n) is 2.20. The maximum Gasteiger partial charge on any atom is 0.340 e. The molecule has 0 unspecified atom stereocenters. The lowest BCUT2D eigenvalue weighted by atomic mass is 10.2. The predicted molar refractivity (Wildman–Crippen MR) is 74.2 cm³/mol. The Balaban J connectivity index is 1.91. The molecule has 3 N–H and O–H groups in total. The Morgan fingerprint density at radius 2 is 2.26 bits per heavy atom. The summed E-state index contributed by atoms with van der Waals surface area (Å²) in [7, 11) is 1.34. The van der Waals surface area contributed by atoms with Gasteiger partial charge in [0.15, 0.2) is 0 Å². The van der Waals surface area contributed by atoms with E-state index in [1.807, 2.05) is 0 Å². The highest BCUT2D eigenvalue weighted by Crippen LogP contribution is 2.15. The number of nitrogens with zero attached hydrogens (tertiary/aromatic N) is 2. The molecule has 0 amide bonds. The van der Waals surface area contributed by atoms with Crippen molar-refractivity contribution in [2.45, 2.75) is 12.8 Å². The van der Waals surface area contributed by atoms with Crippen LogP contribution in [0.1, 0.15) is 23.2 Å². The number of ether oxygens (including phenoxy) is 1. The second-order valence-electron chi connectivity index (χ2n) is 4.62. The van der Waals surface area contributed by atoms with Gasteiger partial charge < -0.3 is 20.7 Å². The average Bonchev–Trinajstić information content (AvgIpc) is 2.93. The summed E-state index contributed by atoms with van der Waals surface area (Å²) in [4.78, 5) is 18.1. The molecular formula is C13H20N4O2. The van der Waals surface area contributed by atoms with Gasteiger partial charge in [0.1, 0.15) is 5.82 Å². The number of nitrogens with one attached hydrogen (secondary N) is 1. The van der Waals surface area contributed by atoms with Crippen molar-refractivity contribution in [3.63, 3.8) is 0 Å². The lowest BCUT2D eigenvalue weighted by molar-refractivity contribution is 0.0602. The average molecular weight is 264 g/mol. The summed E-state index contributed by atoms with van der Waals surface area (Å²) in [5.41, 5.74) is 6.37. The minimum Gasteiger partial charge on any atom is -0.465 e. The van der Waals surface area contributed by atoms with Crippen LogP contribution in [0.5, 0.6) is 0 Å². The number of rotatable bonds is 5. The van der Waals surface area contributed by atoms with Gasteiger partial charge in [-0.3, -0.25) is 0 Å².